The number of hydrogen-bond donors (Lipinski definition) is 2. The molecule has 344 valence electrons. The number of nitrogens with one attached hydrogen (secondary N) is 1. The van der Waals surface area contributed by atoms with Crippen molar-refractivity contribution in [2.24, 2.45) is 0 Å². The van der Waals surface area contributed by atoms with E-state index < -0.39 is 37.4 Å². The van der Waals surface area contributed by atoms with Crippen LogP contribution in [-0.2, 0) is 39.2 Å². The number of phosphoric acid groups is 1. The van der Waals surface area contributed by atoms with Crippen LogP contribution in [0.5, 0.6) is 0 Å². The number of carbonyl (C=O) groups is 2. The molecule has 1 aromatic heterocycles. The molecule has 0 aliphatic rings. The molecule has 0 fully saturated rings. The van der Waals surface area contributed by atoms with E-state index in [1.54, 1.807) is 6.07 Å². The van der Waals surface area contributed by atoms with Crippen LogP contribution in [0.3, 0.4) is 0 Å². The van der Waals surface area contributed by atoms with Crippen molar-refractivity contribution in [1.29, 1.82) is 0 Å². The molecule has 0 spiro atoms. The monoisotopic (exact) mass is 871 g/mol. The van der Waals surface area contributed by atoms with E-state index >= 15 is 0 Å². The van der Waals surface area contributed by atoms with E-state index in [9.17, 15) is 29.2 Å². The van der Waals surface area contributed by atoms with Crippen molar-refractivity contribution in [3.05, 3.63) is 27.8 Å². The first-order valence-corrected chi connectivity index (χ1v) is 24.2. The third-order valence-electron chi connectivity index (χ3n) is 10.4. The zero-order valence-electron chi connectivity index (χ0n) is 37.2. The van der Waals surface area contributed by atoms with E-state index in [-0.39, 0.29) is 37.3 Å². The Morgan fingerprint density at radius 1 is 0.767 bits per heavy atom. The Morgan fingerprint density at radius 3 is 1.83 bits per heavy atom. The highest BCUT2D eigenvalue weighted by atomic mass is 31.2. The van der Waals surface area contributed by atoms with E-state index in [1.807, 2.05) is 21.1 Å². The van der Waals surface area contributed by atoms with Crippen LogP contribution in [0.15, 0.2) is 16.8 Å². The molecule has 0 saturated heterocycles. The number of fused-ring (bicyclic) bond motifs is 1. The molecule has 16 nitrogen and oxygen atoms in total. The van der Waals surface area contributed by atoms with Crippen LogP contribution in [0.4, 0.5) is 5.69 Å². The molecule has 60 heavy (non-hydrogen) atoms. The first-order valence-electron chi connectivity index (χ1n) is 22.7. The minimum atomic E-state index is -4.41. The van der Waals surface area contributed by atoms with E-state index in [4.69, 9.17) is 23.2 Å². The molecule has 1 unspecified atom stereocenters. The van der Waals surface area contributed by atoms with Crippen molar-refractivity contribution < 1.29 is 51.6 Å². The van der Waals surface area contributed by atoms with E-state index in [1.165, 1.54) is 70.3 Å². The van der Waals surface area contributed by atoms with Gasteiger partial charge in [-0.3, -0.25) is 28.8 Å². The Labute approximate surface area is 358 Å². The summed E-state index contributed by atoms with van der Waals surface area (Å²) in [5, 5.41) is 22.0. The van der Waals surface area contributed by atoms with Gasteiger partial charge in [-0.1, -0.05) is 129 Å². The molecule has 17 heteroatoms. The van der Waals surface area contributed by atoms with E-state index in [0.717, 1.165) is 82.7 Å². The lowest BCUT2D eigenvalue weighted by Gasteiger charge is -2.24. The number of quaternary nitrogens is 1. The van der Waals surface area contributed by atoms with Crippen molar-refractivity contribution >= 4 is 36.5 Å². The number of hydrogen-bond acceptors (Lipinski definition) is 13. The second-order valence-electron chi connectivity index (χ2n) is 17.0. The second kappa shape index (κ2) is 31.8. The number of aromatic nitrogens is 2. The number of esters is 2. The number of phosphoric ester groups is 1. The maximum absolute atomic E-state index is 12.7. The van der Waals surface area contributed by atoms with E-state index in [0.29, 0.717) is 29.5 Å². The Morgan fingerprint density at radius 2 is 1.28 bits per heavy atom. The summed E-state index contributed by atoms with van der Waals surface area (Å²) in [5.41, 5.74) is 1.25. The summed E-state index contributed by atoms with van der Waals surface area (Å²) < 4.78 is 39.0. The average Bonchev–Trinajstić information content (AvgIpc) is 3.69. The van der Waals surface area contributed by atoms with Crippen molar-refractivity contribution in [3.63, 3.8) is 0 Å². The first kappa shape index (κ1) is 53.1. The normalized spacial score (nSPS) is 13.3. The van der Waals surface area contributed by atoms with Gasteiger partial charge in [-0.15, -0.1) is 0 Å². The number of nitro groups is 1. The number of non-ortho nitro benzene ring substituents is 1. The second-order valence-corrected chi connectivity index (χ2v) is 18.4. The van der Waals surface area contributed by atoms with Crippen molar-refractivity contribution in [3.8, 4) is 0 Å². The van der Waals surface area contributed by atoms with E-state index in [2.05, 4.69) is 22.6 Å². The van der Waals surface area contributed by atoms with Gasteiger partial charge < -0.3 is 24.2 Å². The summed E-state index contributed by atoms with van der Waals surface area (Å²) in [5.74, 6) is -0.867. The lowest BCUT2D eigenvalue weighted by Crippen LogP contribution is -2.37. The molecular formula is C43H77N5O11P+. The van der Waals surface area contributed by atoms with Gasteiger partial charge in [0.05, 0.1) is 32.7 Å². The van der Waals surface area contributed by atoms with Gasteiger partial charge in [-0.25, -0.2) is 9.19 Å². The number of rotatable bonds is 39. The summed E-state index contributed by atoms with van der Waals surface area (Å²) in [6, 6.07) is 3.10. The van der Waals surface area contributed by atoms with Crippen LogP contribution >= 0.6 is 7.82 Å². The fraction of sp³-hybridized carbons (Fsp3) is 0.814. The first-order chi connectivity index (χ1) is 28.8. The number of likely N-dealkylation sites (N-methyl/N-ethyl adjacent to an activating group) is 1. The molecule has 1 aromatic carbocycles. The molecule has 0 saturated carbocycles. The number of ether oxygens (including phenoxy) is 2. The smallest absolute Gasteiger partial charge is 0.462 e. The number of carbonyl (C=O) groups excluding carboxylic acids is 2. The third-order valence-corrected chi connectivity index (χ3v) is 11.4. The third kappa shape index (κ3) is 26.4. The zero-order valence-corrected chi connectivity index (χ0v) is 38.1. The number of nitro benzene ring substituents is 1. The van der Waals surface area contributed by atoms with Gasteiger partial charge in [-0.05, 0) is 47.8 Å². The molecule has 0 aliphatic carbocycles. The summed E-state index contributed by atoms with van der Waals surface area (Å²) >= 11 is 0. The molecule has 2 rings (SSSR count). The molecule has 0 bridgehead atoms. The van der Waals surface area contributed by atoms with Crippen LogP contribution < -0.4 is 5.32 Å². The number of unbranched alkanes of at least 4 members (excludes halogenated alkanes) is 20. The molecule has 2 atom stereocenters. The fourth-order valence-corrected chi connectivity index (χ4v) is 7.47. The lowest BCUT2D eigenvalue weighted by atomic mass is 10.0. The van der Waals surface area contributed by atoms with Gasteiger partial charge in [0.2, 0.25) is 5.52 Å². The van der Waals surface area contributed by atoms with Crippen LogP contribution in [0.25, 0.3) is 11.0 Å². The lowest BCUT2D eigenvalue weighted by molar-refractivity contribution is -0.870. The Bertz CT molecular complexity index is 1520. The van der Waals surface area contributed by atoms with Crippen LogP contribution in [0.2, 0.25) is 0 Å². The maximum atomic E-state index is 12.7. The molecule has 2 aromatic rings. The predicted octanol–water partition coefficient (Wildman–Crippen LogP) is 9.90. The summed E-state index contributed by atoms with van der Waals surface area (Å²) in [7, 11) is 1.39. The zero-order chi connectivity index (χ0) is 43.9. The highest BCUT2D eigenvalue weighted by Gasteiger charge is 2.27. The van der Waals surface area contributed by atoms with Crippen molar-refractivity contribution in [2.75, 3.05) is 54.1 Å². The highest BCUT2D eigenvalue weighted by Crippen LogP contribution is 2.43. The molecule has 0 amide bonds. The molecular weight excluding hydrogens is 793 g/mol. The van der Waals surface area contributed by atoms with Gasteiger partial charge in [0, 0.05) is 25.5 Å². The van der Waals surface area contributed by atoms with Gasteiger partial charge >= 0.3 is 25.4 Å². The summed E-state index contributed by atoms with van der Waals surface area (Å²) in [6.45, 7) is 3.38. The topological polar surface area (TPSA) is 202 Å². The standard InChI is InChI=1S/C43H76N5O11P/c1-5-6-7-8-9-10-11-12-13-15-18-21-24-27-40(49)55-35-38(36-57-60(53,54)56-33-32-48(2,3)4)58-41(50)28-25-22-19-16-14-17-20-23-26-31-44-34-37-29-30-39(47(51)52)43-42(37)45-59-46-43/h29-30,38,44H,5-28,31-36H2,1-4H3/p+1/t38-/m1/s1. The largest absolute Gasteiger partial charge is 0.472 e. The van der Waals surface area contributed by atoms with Crippen molar-refractivity contribution in [2.45, 2.75) is 174 Å². The predicted molar refractivity (Wildman–Crippen MR) is 232 cm³/mol. The van der Waals surface area contributed by atoms with Crippen LogP contribution in [-0.4, -0.2) is 96.7 Å². The number of nitrogens with zero attached hydrogens (tertiary/aromatic N) is 4. The summed E-state index contributed by atoms with van der Waals surface area (Å²) in [6.07, 6.45) is 24.2. The fourth-order valence-electron chi connectivity index (χ4n) is 6.73. The minimum Gasteiger partial charge on any atom is -0.462 e. The maximum Gasteiger partial charge on any atom is 0.472 e. The van der Waals surface area contributed by atoms with Gasteiger partial charge in [-0.2, -0.15) is 0 Å². The minimum absolute atomic E-state index is 0.00798. The Kier molecular flexibility index (Phi) is 28.1. The van der Waals surface area contributed by atoms with Crippen molar-refractivity contribution in [1.82, 2.24) is 15.6 Å². The highest BCUT2D eigenvalue weighted by molar-refractivity contribution is 7.47. The molecule has 1 heterocycles. The SMILES string of the molecule is CCCCCCCCCCCCCCCC(=O)OC[C@H](COP(=O)(O)OCC[N+](C)(C)C)OC(=O)CCCCCCCCCCCNCc1ccc([N+](=O)[O-])c2nonc12. The van der Waals surface area contributed by atoms with Crippen LogP contribution in [0, 0.1) is 10.1 Å². The Balaban J connectivity index is 1.58. The van der Waals surface area contributed by atoms with Gasteiger partial charge in [0.25, 0.3) is 0 Å². The van der Waals surface area contributed by atoms with Gasteiger partial charge in [0.15, 0.2) is 6.10 Å². The number of benzene rings is 1. The molecule has 2 N–H and O–H groups in total. The van der Waals surface area contributed by atoms with Crippen LogP contribution in [0.1, 0.15) is 167 Å². The Hall–Kier alpha value is -3.01. The van der Waals surface area contributed by atoms with Gasteiger partial charge in [0.1, 0.15) is 25.3 Å². The average molecular weight is 871 g/mol. The summed E-state index contributed by atoms with van der Waals surface area (Å²) in [4.78, 5) is 46.1. The quantitative estimate of drug-likeness (QED) is 0.0160. The molecule has 0 aliphatic heterocycles. The molecule has 0 radical (unpaired) electrons.